The number of benzene rings is 1. The highest BCUT2D eigenvalue weighted by Crippen LogP contribution is 2.27. The van der Waals surface area contributed by atoms with E-state index in [2.05, 4.69) is 24.4 Å². The van der Waals surface area contributed by atoms with Gasteiger partial charge in [0.2, 0.25) is 5.91 Å². The highest BCUT2D eigenvalue weighted by atomic mass is 16.5. The normalized spacial score (nSPS) is 26.2. The number of nitrogens with one attached hydrogen (secondary N) is 1. The molecular weight excluding hydrogens is 302 g/mol. The van der Waals surface area contributed by atoms with Gasteiger partial charge in [-0.25, -0.2) is 0 Å². The van der Waals surface area contributed by atoms with Gasteiger partial charge in [0.1, 0.15) is 0 Å². The number of rotatable bonds is 6. The molecule has 1 aliphatic carbocycles. The maximum Gasteiger partial charge on any atom is 0.223 e. The summed E-state index contributed by atoms with van der Waals surface area (Å²) in [7, 11) is 0. The molecule has 0 aromatic heterocycles. The van der Waals surface area contributed by atoms with Crippen molar-refractivity contribution in [3.63, 3.8) is 0 Å². The van der Waals surface area contributed by atoms with Crippen molar-refractivity contribution in [1.29, 1.82) is 0 Å². The van der Waals surface area contributed by atoms with Crippen molar-refractivity contribution in [2.24, 2.45) is 11.8 Å². The van der Waals surface area contributed by atoms with Crippen LogP contribution >= 0.6 is 0 Å². The third-order valence-electron chi connectivity index (χ3n) is 5.47. The quantitative estimate of drug-likeness (QED) is 0.870. The van der Waals surface area contributed by atoms with Gasteiger partial charge in [-0.3, -0.25) is 4.79 Å². The van der Waals surface area contributed by atoms with Gasteiger partial charge in [-0.2, -0.15) is 0 Å². The second-order valence-corrected chi connectivity index (χ2v) is 7.12. The first-order valence-electron chi connectivity index (χ1n) is 9.27. The second kappa shape index (κ2) is 8.63. The Hall–Kier alpha value is -1.39. The van der Waals surface area contributed by atoms with Crippen LogP contribution in [0.5, 0.6) is 0 Å². The minimum Gasteiger partial charge on any atom is -0.381 e. The number of ether oxygens (including phenoxy) is 2. The molecule has 1 saturated carbocycles. The highest BCUT2D eigenvalue weighted by molar-refractivity contribution is 5.79. The molecule has 4 heteroatoms. The van der Waals surface area contributed by atoms with E-state index in [4.69, 9.17) is 9.47 Å². The van der Waals surface area contributed by atoms with Crippen LogP contribution in [0.25, 0.3) is 0 Å². The molecule has 3 atom stereocenters. The van der Waals surface area contributed by atoms with Gasteiger partial charge in [0.25, 0.3) is 0 Å². The van der Waals surface area contributed by atoms with E-state index in [1.54, 1.807) is 0 Å². The van der Waals surface area contributed by atoms with Crippen molar-refractivity contribution < 1.29 is 14.3 Å². The first kappa shape index (κ1) is 17.4. The number of hydrogen-bond acceptors (Lipinski definition) is 3. The molecule has 1 aliphatic heterocycles. The van der Waals surface area contributed by atoms with Crippen LogP contribution in [0.3, 0.4) is 0 Å². The van der Waals surface area contributed by atoms with E-state index in [9.17, 15) is 4.79 Å². The molecule has 132 valence electrons. The van der Waals surface area contributed by atoms with Gasteiger partial charge in [0, 0.05) is 19.1 Å². The van der Waals surface area contributed by atoms with Crippen LogP contribution in [0, 0.1) is 11.8 Å². The summed E-state index contributed by atoms with van der Waals surface area (Å²) in [5, 5.41) is 3.26. The molecule has 0 unspecified atom stereocenters. The number of amides is 1. The van der Waals surface area contributed by atoms with E-state index in [1.807, 2.05) is 18.2 Å². The summed E-state index contributed by atoms with van der Waals surface area (Å²) in [6, 6.07) is 10.4. The maximum atomic E-state index is 12.6. The number of carbonyl (C=O) groups is 1. The molecule has 4 nitrogen and oxygen atoms in total. The average molecular weight is 331 g/mol. The van der Waals surface area contributed by atoms with Crippen LogP contribution in [0.2, 0.25) is 0 Å². The Bertz CT molecular complexity index is 513. The van der Waals surface area contributed by atoms with Crippen LogP contribution in [0.15, 0.2) is 30.3 Å². The minimum absolute atomic E-state index is 0.0595. The molecule has 1 heterocycles. The Labute approximate surface area is 144 Å². The molecule has 24 heavy (non-hydrogen) atoms. The van der Waals surface area contributed by atoms with Gasteiger partial charge in [-0.15, -0.1) is 0 Å². The SMILES string of the molecule is C[C@H](C(=O)N[C@H]1CCC[C@@H]1OCc1ccccc1)C1CCOCC1. The third-order valence-corrected chi connectivity index (χ3v) is 5.47. The van der Waals surface area contributed by atoms with Gasteiger partial charge >= 0.3 is 0 Å². The Kier molecular flexibility index (Phi) is 6.27. The molecule has 0 spiro atoms. The van der Waals surface area contributed by atoms with Crippen LogP contribution in [-0.2, 0) is 20.9 Å². The fourth-order valence-electron chi connectivity index (χ4n) is 3.81. The largest absolute Gasteiger partial charge is 0.381 e. The highest BCUT2D eigenvalue weighted by Gasteiger charge is 2.32. The van der Waals surface area contributed by atoms with Crippen molar-refractivity contribution in [1.82, 2.24) is 5.32 Å². The molecule has 1 aromatic rings. The molecule has 3 rings (SSSR count). The monoisotopic (exact) mass is 331 g/mol. The number of carbonyl (C=O) groups excluding carboxylic acids is 1. The fourth-order valence-corrected chi connectivity index (χ4v) is 3.81. The summed E-state index contributed by atoms with van der Waals surface area (Å²) in [4.78, 5) is 12.6. The lowest BCUT2D eigenvalue weighted by Crippen LogP contribution is -2.45. The van der Waals surface area contributed by atoms with Gasteiger partial charge in [-0.05, 0) is 43.6 Å². The van der Waals surface area contributed by atoms with Crippen LogP contribution in [-0.4, -0.2) is 31.3 Å². The fraction of sp³-hybridized carbons (Fsp3) is 0.650. The van der Waals surface area contributed by atoms with Crippen LogP contribution < -0.4 is 5.32 Å². The van der Waals surface area contributed by atoms with Crippen molar-refractivity contribution >= 4 is 5.91 Å². The van der Waals surface area contributed by atoms with E-state index in [-0.39, 0.29) is 24.0 Å². The second-order valence-electron chi connectivity index (χ2n) is 7.12. The van der Waals surface area contributed by atoms with Crippen molar-refractivity contribution in [3.05, 3.63) is 35.9 Å². The van der Waals surface area contributed by atoms with E-state index in [1.165, 1.54) is 5.56 Å². The third kappa shape index (κ3) is 4.58. The zero-order valence-corrected chi connectivity index (χ0v) is 14.6. The standard InChI is InChI=1S/C20H29NO3/c1-15(17-10-12-23-13-11-17)20(22)21-18-8-5-9-19(18)24-14-16-6-3-2-4-7-16/h2-4,6-7,15,17-19H,5,8-14H2,1H3,(H,21,22)/t15-,18-,19-/m0/s1. The van der Waals surface area contributed by atoms with Gasteiger partial charge in [0.15, 0.2) is 0 Å². The molecule has 1 amide bonds. The predicted octanol–water partition coefficient (Wildman–Crippen LogP) is 3.30. The van der Waals surface area contributed by atoms with Crippen molar-refractivity contribution in [2.75, 3.05) is 13.2 Å². The molecule has 1 N–H and O–H groups in total. The molecule has 2 aliphatic rings. The minimum atomic E-state index is 0.0595. The molecule has 2 fully saturated rings. The molecule has 0 bridgehead atoms. The summed E-state index contributed by atoms with van der Waals surface area (Å²) in [6.45, 7) is 4.25. The molecular formula is C20H29NO3. The Morgan fingerprint density at radius 3 is 2.71 bits per heavy atom. The smallest absolute Gasteiger partial charge is 0.223 e. The van der Waals surface area contributed by atoms with E-state index < -0.39 is 0 Å². The maximum absolute atomic E-state index is 12.6. The predicted molar refractivity (Wildman–Crippen MR) is 93.5 cm³/mol. The first-order chi connectivity index (χ1) is 11.7. The molecule has 1 saturated heterocycles. The van der Waals surface area contributed by atoms with Crippen molar-refractivity contribution in [2.45, 2.75) is 57.8 Å². The Morgan fingerprint density at radius 1 is 1.21 bits per heavy atom. The molecule has 1 aromatic carbocycles. The lowest BCUT2D eigenvalue weighted by atomic mass is 9.86. The van der Waals surface area contributed by atoms with Crippen molar-refractivity contribution in [3.8, 4) is 0 Å². The van der Waals surface area contributed by atoms with E-state index >= 15 is 0 Å². The Morgan fingerprint density at radius 2 is 1.96 bits per heavy atom. The zero-order valence-electron chi connectivity index (χ0n) is 14.6. The first-order valence-corrected chi connectivity index (χ1v) is 9.27. The lowest BCUT2D eigenvalue weighted by Gasteiger charge is -2.29. The topological polar surface area (TPSA) is 47.6 Å². The Balaban J connectivity index is 1.48. The van der Waals surface area contributed by atoms with Crippen LogP contribution in [0.1, 0.15) is 44.6 Å². The zero-order chi connectivity index (χ0) is 16.8. The average Bonchev–Trinajstić information content (AvgIpc) is 3.08. The summed E-state index contributed by atoms with van der Waals surface area (Å²) in [5.74, 6) is 0.690. The van der Waals surface area contributed by atoms with E-state index in [0.717, 1.165) is 45.3 Å². The summed E-state index contributed by atoms with van der Waals surface area (Å²) in [5.41, 5.74) is 1.19. The summed E-state index contributed by atoms with van der Waals surface area (Å²) in [6.07, 6.45) is 5.29. The van der Waals surface area contributed by atoms with Gasteiger partial charge < -0.3 is 14.8 Å². The number of hydrogen-bond donors (Lipinski definition) is 1. The van der Waals surface area contributed by atoms with Gasteiger partial charge in [-0.1, -0.05) is 37.3 Å². The lowest BCUT2D eigenvalue weighted by molar-refractivity contribution is -0.129. The summed E-state index contributed by atoms with van der Waals surface area (Å²) < 4.78 is 11.5. The van der Waals surface area contributed by atoms with Gasteiger partial charge in [0.05, 0.1) is 18.8 Å². The van der Waals surface area contributed by atoms with E-state index in [0.29, 0.717) is 12.5 Å². The van der Waals surface area contributed by atoms with Crippen LogP contribution in [0.4, 0.5) is 0 Å². The summed E-state index contributed by atoms with van der Waals surface area (Å²) >= 11 is 0. The molecule has 0 radical (unpaired) electrons.